The van der Waals surface area contributed by atoms with Crippen molar-refractivity contribution in [3.63, 3.8) is 0 Å². The molecule has 10 heteroatoms. The lowest BCUT2D eigenvalue weighted by molar-refractivity contribution is -0.138. The molecule has 1 aliphatic rings. The standard InChI is InChI=1S/C24H27F3N2O5/c1-3-21(31)29-23(10-11-33-14-23)22(32)28-13-16-4-7-18(8-5-16)34-20-9-6-17(15(2)30)12-19(20)24(25,26)27/h4-9,12,15,30H,3,10-11,13-14H2,1-2H3,(H,28,32)(H,29,31). The Morgan fingerprint density at radius 1 is 1.21 bits per heavy atom. The molecule has 0 spiro atoms. The van der Waals surface area contributed by atoms with Gasteiger partial charge in [-0.05, 0) is 42.3 Å². The number of alkyl halides is 3. The molecule has 2 unspecified atom stereocenters. The monoisotopic (exact) mass is 480 g/mol. The van der Waals surface area contributed by atoms with Crippen LogP contribution in [0.4, 0.5) is 13.2 Å². The van der Waals surface area contributed by atoms with Gasteiger partial charge in [-0.3, -0.25) is 9.59 Å². The third-order valence-corrected chi connectivity index (χ3v) is 5.55. The van der Waals surface area contributed by atoms with Crippen LogP contribution in [0.3, 0.4) is 0 Å². The predicted molar refractivity (Wildman–Crippen MR) is 117 cm³/mol. The molecule has 1 aliphatic heterocycles. The van der Waals surface area contributed by atoms with Crippen molar-refractivity contribution in [1.29, 1.82) is 0 Å². The average Bonchev–Trinajstić information content (AvgIpc) is 3.27. The Kier molecular flexibility index (Phi) is 7.83. The van der Waals surface area contributed by atoms with Gasteiger partial charge in [0, 0.05) is 26.0 Å². The van der Waals surface area contributed by atoms with Gasteiger partial charge in [0.15, 0.2) is 0 Å². The van der Waals surface area contributed by atoms with Crippen LogP contribution in [0.2, 0.25) is 0 Å². The topological polar surface area (TPSA) is 96.9 Å². The van der Waals surface area contributed by atoms with Crippen molar-refractivity contribution in [2.24, 2.45) is 0 Å². The second-order valence-electron chi connectivity index (χ2n) is 8.14. The van der Waals surface area contributed by atoms with E-state index in [1.807, 2.05) is 0 Å². The first-order valence-electron chi connectivity index (χ1n) is 10.9. The zero-order valence-corrected chi connectivity index (χ0v) is 18.9. The maximum atomic E-state index is 13.5. The maximum Gasteiger partial charge on any atom is 0.419 e. The molecule has 7 nitrogen and oxygen atoms in total. The van der Waals surface area contributed by atoms with Gasteiger partial charge < -0.3 is 25.2 Å². The molecule has 3 N–H and O–H groups in total. The van der Waals surface area contributed by atoms with Gasteiger partial charge in [0.1, 0.15) is 17.0 Å². The fraction of sp³-hybridized carbons (Fsp3) is 0.417. The Balaban J connectivity index is 1.67. The maximum absolute atomic E-state index is 13.5. The molecule has 0 radical (unpaired) electrons. The van der Waals surface area contributed by atoms with E-state index in [1.165, 1.54) is 31.2 Å². The predicted octanol–water partition coefficient (Wildman–Crippen LogP) is 3.85. The number of carbonyl (C=O) groups is 2. The molecule has 2 aromatic carbocycles. The lowest BCUT2D eigenvalue weighted by atomic mass is 9.97. The zero-order valence-electron chi connectivity index (χ0n) is 18.9. The fourth-order valence-corrected chi connectivity index (χ4v) is 3.53. The van der Waals surface area contributed by atoms with E-state index in [9.17, 15) is 27.9 Å². The summed E-state index contributed by atoms with van der Waals surface area (Å²) in [6, 6.07) is 9.65. The molecule has 1 saturated heterocycles. The molecule has 2 atom stereocenters. The zero-order chi connectivity index (χ0) is 24.9. The molecule has 3 rings (SSSR count). The smallest absolute Gasteiger partial charge is 0.419 e. The number of aliphatic hydroxyl groups is 1. The number of hydrogen-bond acceptors (Lipinski definition) is 5. The van der Waals surface area contributed by atoms with E-state index in [0.29, 0.717) is 18.6 Å². The lowest BCUT2D eigenvalue weighted by Crippen LogP contribution is -2.59. The Morgan fingerprint density at radius 3 is 2.47 bits per heavy atom. The molecular formula is C24H27F3N2O5. The van der Waals surface area contributed by atoms with Crippen LogP contribution in [0.25, 0.3) is 0 Å². The Hall–Kier alpha value is -3.11. The normalized spacial score (nSPS) is 18.9. The van der Waals surface area contributed by atoms with Gasteiger partial charge in [-0.15, -0.1) is 0 Å². The molecular weight excluding hydrogens is 453 g/mol. The van der Waals surface area contributed by atoms with Gasteiger partial charge >= 0.3 is 6.18 Å². The highest BCUT2D eigenvalue weighted by molar-refractivity contribution is 5.91. The van der Waals surface area contributed by atoms with Crippen LogP contribution in [0.15, 0.2) is 42.5 Å². The molecule has 34 heavy (non-hydrogen) atoms. The third kappa shape index (κ3) is 6.06. The van der Waals surface area contributed by atoms with E-state index in [0.717, 1.165) is 6.07 Å². The third-order valence-electron chi connectivity index (χ3n) is 5.55. The first kappa shape index (κ1) is 25.5. The summed E-state index contributed by atoms with van der Waals surface area (Å²) in [5.74, 6) is -0.809. The van der Waals surface area contributed by atoms with Crippen molar-refractivity contribution in [3.8, 4) is 11.5 Å². The lowest BCUT2D eigenvalue weighted by Gasteiger charge is -2.27. The minimum Gasteiger partial charge on any atom is -0.457 e. The number of ether oxygens (including phenoxy) is 2. The number of rotatable bonds is 8. The molecule has 0 aromatic heterocycles. The summed E-state index contributed by atoms with van der Waals surface area (Å²) in [4.78, 5) is 24.6. The van der Waals surface area contributed by atoms with E-state index in [1.54, 1.807) is 19.1 Å². The van der Waals surface area contributed by atoms with Crippen LogP contribution in [-0.2, 0) is 27.0 Å². The average molecular weight is 480 g/mol. The number of benzene rings is 2. The van der Waals surface area contributed by atoms with Gasteiger partial charge in [0.05, 0.1) is 18.3 Å². The van der Waals surface area contributed by atoms with E-state index >= 15 is 0 Å². The molecule has 2 amide bonds. The van der Waals surface area contributed by atoms with Crippen LogP contribution in [0.1, 0.15) is 49.5 Å². The van der Waals surface area contributed by atoms with Crippen LogP contribution < -0.4 is 15.4 Å². The van der Waals surface area contributed by atoms with Crippen molar-refractivity contribution in [1.82, 2.24) is 10.6 Å². The first-order chi connectivity index (χ1) is 16.0. The van der Waals surface area contributed by atoms with E-state index in [2.05, 4.69) is 10.6 Å². The van der Waals surface area contributed by atoms with Gasteiger partial charge in [0.25, 0.3) is 0 Å². The summed E-state index contributed by atoms with van der Waals surface area (Å²) >= 11 is 0. The number of carbonyl (C=O) groups excluding carboxylic acids is 2. The summed E-state index contributed by atoms with van der Waals surface area (Å²) in [5, 5.41) is 15.1. The summed E-state index contributed by atoms with van der Waals surface area (Å²) in [7, 11) is 0. The molecule has 0 bridgehead atoms. The minimum absolute atomic E-state index is 0.0900. The SMILES string of the molecule is CCC(=O)NC1(C(=O)NCc2ccc(Oc3ccc(C(C)O)cc3C(F)(F)F)cc2)CCOC1. The molecule has 2 aromatic rings. The second kappa shape index (κ2) is 10.4. The van der Waals surface area contributed by atoms with Crippen molar-refractivity contribution < 1.29 is 37.3 Å². The van der Waals surface area contributed by atoms with E-state index in [-0.39, 0.29) is 48.4 Å². The summed E-state index contributed by atoms with van der Waals surface area (Å²) in [6.45, 7) is 3.68. The molecule has 1 heterocycles. The van der Waals surface area contributed by atoms with E-state index in [4.69, 9.17) is 9.47 Å². The van der Waals surface area contributed by atoms with Crippen molar-refractivity contribution in [2.45, 2.75) is 51.1 Å². The molecule has 184 valence electrons. The Labute approximate surface area is 195 Å². The highest BCUT2D eigenvalue weighted by Crippen LogP contribution is 2.39. The number of nitrogens with one attached hydrogen (secondary N) is 2. The van der Waals surface area contributed by atoms with Crippen molar-refractivity contribution in [2.75, 3.05) is 13.2 Å². The highest BCUT2D eigenvalue weighted by atomic mass is 19.4. The fourth-order valence-electron chi connectivity index (χ4n) is 3.53. The first-order valence-corrected chi connectivity index (χ1v) is 10.9. The summed E-state index contributed by atoms with van der Waals surface area (Å²) in [6.07, 6.45) is -5.09. The number of aliphatic hydroxyl groups excluding tert-OH is 1. The summed E-state index contributed by atoms with van der Waals surface area (Å²) in [5.41, 5.74) is -1.27. The van der Waals surface area contributed by atoms with E-state index < -0.39 is 23.4 Å². The molecule has 1 fully saturated rings. The highest BCUT2D eigenvalue weighted by Gasteiger charge is 2.43. The van der Waals surface area contributed by atoms with Crippen LogP contribution in [0.5, 0.6) is 11.5 Å². The Morgan fingerprint density at radius 2 is 1.91 bits per heavy atom. The van der Waals surface area contributed by atoms with Crippen LogP contribution in [-0.4, -0.2) is 35.7 Å². The molecule has 0 saturated carbocycles. The summed E-state index contributed by atoms with van der Waals surface area (Å²) < 4.78 is 51.1. The number of hydrogen-bond donors (Lipinski definition) is 3. The van der Waals surface area contributed by atoms with Gasteiger partial charge in [-0.2, -0.15) is 13.2 Å². The van der Waals surface area contributed by atoms with Gasteiger partial charge in [-0.25, -0.2) is 0 Å². The largest absolute Gasteiger partial charge is 0.457 e. The quantitative estimate of drug-likeness (QED) is 0.533. The van der Waals surface area contributed by atoms with Crippen LogP contribution in [0, 0.1) is 0 Å². The van der Waals surface area contributed by atoms with Crippen molar-refractivity contribution in [3.05, 3.63) is 59.2 Å². The second-order valence-corrected chi connectivity index (χ2v) is 8.14. The van der Waals surface area contributed by atoms with Gasteiger partial charge in [0.2, 0.25) is 11.8 Å². The minimum atomic E-state index is -4.66. The Bertz CT molecular complexity index is 1020. The van der Waals surface area contributed by atoms with Crippen LogP contribution >= 0.6 is 0 Å². The van der Waals surface area contributed by atoms with Crippen molar-refractivity contribution >= 4 is 11.8 Å². The number of amides is 2. The van der Waals surface area contributed by atoms with Gasteiger partial charge in [-0.1, -0.05) is 25.1 Å². The number of halogens is 3. The molecule has 0 aliphatic carbocycles.